The lowest BCUT2D eigenvalue weighted by atomic mass is 10.0. The maximum absolute atomic E-state index is 12.5. The standard InChI is InChI=1S/C22H25N3O/c1-15-4-3-5-17(12-15)8-10-23-22(26)18-6-7-20-19(14-18)24-21-13-16(2)9-11-25(20)21/h3-7,12,14,16H,8-11,13H2,1-2H3,(H,23,26)/t16-/m0/s1. The molecule has 0 saturated heterocycles. The summed E-state index contributed by atoms with van der Waals surface area (Å²) < 4.78 is 2.30. The quantitative estimate of drug-likeness (QED) is 0.778. The minimum atomic E-state index is -0.0288. The summed E-state index contributed by atoms with van der Waals surface area (Å²) in [5.74, 6) is 1.80. The van der Waals surface area contributed by atoms with Crippen LogP contribution in [0.2, 0.25) is 0 Å². The van der Waals surface area contributed by atoms with Crippen LogP contribution in [-0.4, -0.2) is 22.0 Å². The fraction of sp³-hybridized carbons (Fsp3) is 0.364. The third kappa shape index (κ3) is 3.36. The Morgan fingerprint density at radius 1 is 1.27 bits per heavy atom. The number of rotatable bonds is 4. The first-order chi connectivity index (χ1) is 12.6. The molecule has 3 aromatic rings. The molecular weight excluding hydrogens is 322 g/mol. The van der Waals surface area contributed by atoms with Gasteiger partial charge in [0.05, 0.1) is 11.0 Å². The van der Waals surface area contributed by atoms with Gasteiger partial charge in [-0.25, -0.2) is 4.98 Å². The summed E-state index contributed by atoms with van der Waals surface area (Å²) in [5.41, 5.74) is 5.25. The van der Waals surface area contributed by atoms with Crippen LogP contribution in [0.15, 0.2) is 42.5 Å². The number of aryl methyl sites for hydroxylation is 2. The Morgan fingerprint density at radius 3 is 3.00 bits per heavy atom. The Hall–Kier alpha value is -2.62. The van der Waals surface area contributed by atoms with Crippen molar-refractivity contribution >= 4 is 16.9 Å². The highest BCUT2D eigenvalue weighted by molar-refractivity contribution is 5.97. The molecule has 0 unspecified atom stereocenters. The van der Waals surface area contributed by atoms with Crippen molar-refractivity contribution in [1.82, 2.24) is 14.9 Å². The lowest BCUT2D eigenvalue weighted by Crippen LogP contribution is -2.25. The lowest BCUT2D eigenvalue weighted by Gasteiger charge is -2.19. The van der Waals surface area contributed by atoms with E-state index in [4.69, 9.17) is 4.98 Å². The first-order valence-corrected chi connectivity index (χ1v) is 9.43. The van der Waals surface area contributed by atoms with Crippen LogP contribution in [0.3, 0.4) is 0 Å². The Bertz CT molecular complexity index is 957. The summed E-state index contributed by atoms with van der Waals surface area (Å²) in [5, 5.41) is 3.03. The molecule has 1 aliphatic heterocycles. The average molecular weight is 347 g/mol. The van der Waals surface area contributed by atoms with Crippen LogP contribution in [0.1, 0.15) is 40.7 Å². The second-order valence-electron chi connectivity index (χ2n) is 7.48. The molecule has 134 valence electrons. The highest BCUT2D eigenvalue weighted by Crippen LogP contribution is 2.25. The third-order valence-electron chi connectivity index (χ3n) is 5.25. The number of hydrogen-bond acceptors (Lipinski definition) is 2. The molecule has 2 heterocycles. The highest BCUT2D eigenvalue weighted by Gasteiger charge is 2.19. The Labute approximate surface area is 154 Å². The first kappa shape index (κ1) is 16.8. The second-order valence-corrected chi connectivity index (χ2v) is 7.48. The van der Waals surface area contributed by atoms with Gasteiger partial charge in [-0.2, -0.15) is 0 Å². The molecule has 0 aliphatic carbocycles. The summed E-state index contributed by atoms with van der Waals surface area (Å²) in [6.07, 6.45) is 3.05. The molecule has 0 bridgehead atoms. The fourth-order valence-corrected chi connectivity index (χ4v) is 3.78. The summed E-state index contributed by atoms with van der Waals surface area (Å²) in [6.45, 7) is 6.02. The molecule has 4 rings (SSSR count). The Kier molecular flexibility index (Phi) is 4.49. The minimum absolute atomic E-state index is 0.0288. The van der Waals surface area contributed by atoms with Crippen molar-refractivity contribution in [2.45, 2.75) is 39.7 Å². The van der Waals surface area contributed by atoms with E-state index in [1.54, 1.807) is 0 Å². The Morgan fingerprint density at radius 2 is 2.15 bits per heavy atom. The van der Waals surface area contributed by atoms with Crippen molar-refractivity contribution in [3.63, 3.8) is 0 Å². The molecule has 1 amide bonds. The van der Waals surface area contributed by atoms with Crippen molar-refractivity contribution < 1.29 is 4.79 Å². The largest absolute Gasteiger partial charge is 0.352 e. The van der Waals surface area contributed by atoms with Gasteiger partial charge in [0.1, 0.15) is 5.82 Å². The molecule has 2 aromatic carbocycles. The van der Waals surface area contributed by atoms with Crippen molar-refractivity contribution in [2.24, 2.45) is 5.92 Å². The van der Waals surface area contributed by atoms with Gasteiger partial charge < -0.3 is 9.88 Å². The molecule has 0 saturated carbocycles. The number of carbonyl (C=O) groups excluding carboxylic acids is 1. The fourth-order valence-electron chi connectivity index (χ4n) is 3.78. The summed E-state index contributed by atoms with van der Waals surface area (Å²) in [6, 6.07) is 14.3. The van der Waals surface area contributed by atoms with Gasteiger partial charge >= 0.3 is 0 Å². The van der Waals surface area contributed by atoms with Crippen LogP contribution >= 0.6 is 0 Å². The van der Waals surface area contributed by atoms with Gasteiger partial charge in [-0.05, 0) is 49.4 Å². The molecule has 0 radical (unpaired) electrons. The SMILES string of the molecule is Cc1cccc(CCNC(=O)c2ccc3c(c2)nc2n3CC[C@H](C)C2)c1. The normalized spacial score (nSPS) is 16.5. The van der Waals surface area contributed by atoms with Crippen molar-refractivity contribution in [2.75, 3.05) is 6.54 Å². The first-order valence-electron chi connectivity index (χ1n) is 9.43. The number of benzene rings is 2. The topological polar surface area (TPSA) is 46.9 Å². The molecule has 1 aromatic heterocycles. The lowest BCUT2D eigenvalue weighted by molar-refractivity contribution is 0.0954. The summed E-state index contributed by atoms with van der Waals surface area (Å²) in [7, 11) is 0. The molecule has 1 N–H and O–H groups in total. The number of nitrogens with one attached hydrogen (secondary N) is 1. The van der Waals surface area contributed by atoms with Gasteiger partial charge in [0.2, 0.25) is 0 Å². The molecule has 4 nitrogen and oxygen atoms in total. The number of amides is 1. The van der Waals surface area contributed by atoms with E-state index in [1.807, 2.05) is 18.2 Å². The smallest absolute Gasteiger partial charge is 0.251 e. The maximum atomic E-state index is 12.5. The summed E-state index contributed by atoms with van der Waals surface area (Å²) in [4.78, 5) is 17.3. The van der Waals surface area contributed by atoms with Gasteiger partial charge in [0.25, 0.3) is 5.91 Å². The van der Waals surface area contributed by atoms with E-state index < -0.39 is 0 Å². The summed E-state index contributed by atoms with van der Waals surface area (Å²) >= 11 is 0. The van der Waals surface area contributed by atoms with Crippen LogP contribution in [0.5, 0.6) is 0 Å². The highest BCUT2D eigenvalue weighted by atomic mass is 16.1. The van der Waals surface area contributed by atoms with Gasteiger partial charge in [0, 0.05) is 25.1 Å². The molecule has 1 aliphatic rings. The third-order valence-corrected chi connectivity index (χ3v) is 5.25. The molecule has 1 atom stereocenters. The van der Waals surface area contributed by atoms with Crippen LogP contribution in [0, 0.1) is 12.8 Å². The van der Waals surface area contributed by atoms with Crippen molar-refractivity contribution in [3.05, 3.63) is 65.0 Å². The number of nitrogens with zero attached hydrogens (tertiary/aromatic N) is 2. The monoisotopic (exact) mass is 347 g/mol. The van der Waals surface area contributed by atoms with E-state index in [9.17, 15) is 4.79 Å². The van der Waals surface area contributed by atoms with Gasteiger partial charge in [-0.15, -0.1) is 0 Å². The van der Waals surface area contributed by atoms with E-state index in [1.165, 1.54) is 17.5 Å². The second kappa shape index (κ2) is 6.94. The predicted molar refractivity (Wildman–Crippen MR) is 104 cm³/mol. The van der Waals surface area contributed by atoms with Gasteiger partial charge in [0.15, 0.2) is 0 Å². The van der Waals surface area contributed by atoms with E-state index in [2.05, 4.69) is 48.0 Å². The number of fused-ring (bicyclic) bond motifs is 3. The van der Waals surface area contributed by atoms with Crippen molar-refractivity contribution in [1.29, 1.82) is 0 Å². The molecule has 0 spiro atoms. The predicted octanol–water partition coefficient (Wildman–Crippen LogP) is 3.90. The van der Waals surface area contributed by atoms with Crippen LogP contribution in [-0.2, 0) is 19.4 Å². The molecule has 0 fully saturated rings. The van der Waals surface area contributed by atoms with Gasteiger partial charge in [-0.3, -0.25) is 4.79 Å². The van der Waals surface area contributed by atoms with Crippen LogP contribution in [0.4, 0.5) is 0 Å². The van der Waals surface area contributed by atoms with E-state index in [0.29, 0.717) is 18.0 Å². The maximum Gasteiger partial charge on any atom is 0.251 e. The molecule has 4 heteroatoms. The van der Waals surface area contributed by atoms with E-state index in [-0.39, 0.29) is 5.91 Å². The molecular formula is C22H25N3O. The van der Waals surface area contributed by atoms with Crippen LogP contribution < -0.4 is 5.32 Å². The van der Waals surface area contributed by atoms with E-state index >= 15 is 0 Å². The number of carbonyl (C=O) groups is 1. The zero-order chi connectivity index (χ0) is 18.1. The van der Waals surface area contributed by atoms with Crippen molar-refractivity contribution in [3.8, 4) is 0 Å². The minimum Gasteiger partial charge on any atom is -0.352 e. The van der Waals surface area contributed by atoms with Crippen LogP contribution in [0.25, 0.3) is 11.0 Å². The number of aromatic nitrogens is 2. The number of hydrogen-bond donors (Lipinski definition) is 1. The van der Waals surface area contributed by atoms with Gasteiger partial charge in [-0.1, -0.05) is 36.8 Å². The Balaban J connectivity index is 1.45. The zero-order valence-corrected chi connectivity index (χ0v) is 15.5. The van der Waals surface area contributed by atoms with E-state index in [0.717, 1.165) is 36.2 Å². The number of imidazole rings is 1. The molecule has 26 heavy (non-hydrogen) atoms. The average Bonchev–Trinajstić information content (AvgIpc) is 2.98. The zero-order valence-electron chi connectivity index (χ0n) is 15.5.